The van der Waals surface area contributed by atoms with Crippen molar-refractivity contribution < 1.29 is 34.4 Å². The molecule has 0 amide bonds. The quantitative estimate of drug-likeness (QED) is 0.519. The number of carboxylic acids is 3. The predicted molar refractivity (Wildman–Crippen MR) is 99.4 cm³/mol. The molecule has 11 heteroatoms. The molecule has 0 saturated carbocycles. The largest absolute Gasteiger partial charge is 0.482 e. The number of carboxylic acid groups (broad SMARTS) is 3. The Morgan fingerprint density at radius 2 is 1.89 bits per heavy atom. The number of rotatable bonds is 7. The number of ether oxygens (including phenoxy) is 1. The van der Waals surface area contributed by atoms with E-state index in [4.69, 9.17) is 9.84 Å². The lowest BCUT2D eigenvalue weighted by molar-refractivity contribution is -0.155. The Bertz CT molecular complexity index is 997. The summed E-state index contributed by atoms with van der Waals surface area (Å²) in [5.41, 5.74) is -1.42. The zero-order valence-electron chi connectivity index (χ0n) is 14.2. The van der Waals surface area contributed by atoms with Crippen LogP contribution in [0.15, 0.2) is 34.1 Å². The lowest BCUT2D eigenvalue weighted by atomic mass is 9.70. The van der Waals surface area contributed by atoms with Crippen LogP contribution >= 0.6 is 23.1 Å². The topological polar surface area (TPSA) is 154 Å². The van der Waals surface area contributed by atoms with Crippen molar-refractivity contribution >= 4 is 41.0 Å². The van der Waals surface area contributed by atoms with E-state index in [-0.39, 0.29) is 16.4 Å². The van der Waals surface area contributed by atoms with Gasteiger partial charge in [0.15, 0.2) is 6.61 Å². The molecular formula is C17H15NO8S2. The van der Waals surface area contributed by atoms with E-state index in [9.17, 15) is 29.4 Å². The fourth-order valence-electron chi connectivity index (χ4n) is 3.27. The third-order valence-corrected chi connectivity index (χ3v) is 6.75. The molecule has 3 rings (SSSR count). The Morgan fingerprint density at radius 3 is 2.54 bits per heavy atom. The van der Waals surface area contributed by atoms with E-state index in [1.165, 1.54) is 6.07 Å². The van der Waals surface area contributed by atoms with Gasteiger partial charge in [0, 0.05) is 22.1 Å². The molecule has 2 heterocycles. The van der Waals surface area contributed by atoms with Crippen molar-refractivity contribution in [1.82, 2.24) is 4.98 Å². The molecule has 2 atom stereocenters. The Morgan fingerprint density at radius 1 is 1.18 bits per heavy atom. The van der Waals surface area contributed by atoms with Crippen LogP contribution in [0.5, 0.6) is 5.75 Å². The number of H-pyrrole nitrogens is 1. The molecule has 4 N–H and O–H groups in total. The van der Waals surface area contributed by atoms with Crippen LogP contribution in [0.1, 0.15) is 22.8 Å². The molecule has 0 fully saturated rings. The van der Waals surface area contributed by atoms with Gasteiger partial charge in [0.1, 0.15) is 5.75 Å². The molecule has 0 aliphatic carbocycles. The van der Waals surface area contributed by atoms with Crippen molar-refractivity contribution in [3.63, 3.8) is 0 Å². The van der Waals surface area contributed by atoms with E-state index in [2.05, 4.69) is 4.98 Å². The van der Waals surface area contributed by atoms with Crippen LogP contribution in [0.2, 0.25) is 0 Å². The van der Waals surface area contributed by atoms with Gasteiger partial charge in [0.05, 0.1) is 16.9 Å². The lowest BCUT2D eigenvalue weighted by Crippen LogP contribution is -2.44. The van der Waals surface area contributed by atoms with Gasteiger partial charge >= 0.3 is 22.8 Å². The van der Waals surface area contributed by atoms with Crippen LogP contribution in [-0.4, -0.2) is 50.6 Å². The van der Waals surface area contributed by atoms with Gasteiger partial charge in [-0.25, -0.2) is 4.79 Å². The number of hydrogen-bond donors (Lipinski definition) is 4. The number of aromatic nitrogens is 1. The first kappa shape index (κ1) is 20.0. The minimum atomic E-state index is -1.74. The van der Waals surface area contributed by atoms with Gasteiger partial charge in [-0.2, -0.15) is 0 Å². The molecule has 0 radical (unpaired) electrons. The van der Waals surface area contributed by atoms with Crippen LogP contribution in [0.4, 0.5) is 0 Å². The van der Waals surface area contributed by atoms with Crippen LogP contribution in [0.3, 0.4) is 0 Å². The summed E-state index contributed by atoms with van der Waals surface area (Å²) in [5, 5.41) is 28.8. The SMILES string of the molecule is O=C(O)COc1ccccc1[C@H]1c2sc(=O)[nH]c2SC[C@]1(CC(=O)O)C(=O)O. The average Bonchev–Trinajstić information content (AvgIpc) is 2.99. The first-order valence-corrected chi connectivity index (χ1v) is 9.79. The van der Waals surface area contributed by atoms with Crippen molar-refractivity contribution in [3.05, 3.63) is 44.4 Å². The summed E-state index contributed by atoms with van der Waals surface area (Å²) in [6.07, 6.45) is -0.668. The van der Waals surface area contributed by atoms with Gasteiger partial charge in [-0.05, 0) is 6.07 Å². The highest BCUT2D eigenvalue weighted by atomic mass is 32.2. The molecule has 1 aliphatic heterocycles. The number of aliphatic carboxylic acids is 3. The summed E-state index contributed by atoms with van der Waals surface area (Å²) < 4.78 is 5.32. The summed E-state index contributed by atoms with van der Waals surface area (Å²) in [6, 6.07) is 6.26. The Hall–Kier alpha value is -2.79. The number of fused-ring (bicyclic) bond motifs is 1. The highest BCUT2D eigenvalue weighted by Gasteiger charge is 2.54. The molecule has 0 bridgehead atoms. The fourth-order valence-corrected chi connectivity index (χ4v) is 5.82. The first-order valence-electron chi connectivity index (χ1n) is 7.99. The average molecular weight is 425 g/mol. The maximum atomic E-state index is 12.3. The van der Waals surface area contributed by atoms with Crippen molar-refractivity contribution in [2.24, 2.45) is 5.41 Å². The van der Waals surface area contributed by atoms with Crippen molar-refractivity contribution in [2.45, 2.75) is 17.4 Å². The van der Waals surface area contributed by atoms with E-state index in [0.29, 0.717) is 15.5 Å². The lowest BCUT2D eigenvalue weighted by Gasteiger charge is -2.39. The minimum Gasteiger partial charge on any atom is -0.482 e. The van der Waals surface area contributed by atoms with E-state index >= 15 is 0 Å². The van der Waals surface area contributed by atoms with E-state index in [1.807, 2.05) is 0 Å². The number of thioether (sulfide) groups is 1. The summed E-state index contributed by atoms with van der Waals surface area (Å²) in [6.45, 7) is -0.645. The number of thiazole rings is 1. The summed E-state index contributed by atoms with van der Waals surface area (Å²) in [5.74, 6) is -4.76. The van der Waals surface area contributed by atoms with E-state index in [0.717, 1.165) is 23.1 Å². The molecule has 2 aromatic rings. The number of hydrogen-bond acceptors (Lipinski definition) is 7. The molecule has 9 nitrogen and oxygen atoms in total. The monoisotopic (exact) mass is 425 g/mol. The van der Waals surface area contributed by atoms with Crippen molar-refractivity contribution in [1.29, 1.82) is 0 Å². The zero-order chi connectivity index (χ0) is 20.5. The molecule has 1 aromatic heterocycles. The number of nitrogens with one attached hydrogen (secondary N) is 1. The maximum absolute atomic E-state index is 12.3. The maximum Gasteiger partial charge on any atom is 0.341 e. The van der Waals surface area contributed by atoms with Crippen molar-refractivity contribution in [3.8, 4) is 5.75 Å². The summed E-state index contributed by atoms with van der Waals surface area (Å²) >= 11 is 1.90. The normalized spacial score (nSPS) is 20.9. The Balaban J connectivity index is 2.23. The second kappa shape index (κ2) is 7.68. The van der Waals surface area contributed by atoms with Gasteiger partial charge in [0.2, 0.25) is 0 Å². The standard InChI is InChI=1S/C17H15NO8S2/c19-10(20)5-17(15(23)24)7-27-14-13(28-16(25)18-14)12(17)8-3-1-2-4-9(8)26-6-11(21)22/h1-4,12H,5-7H2,(H,18,25)(H,19,20)(H,21,22)(H,23,24)/t12-,17-/m0/s1. The van der Waals surface area contributed by atoms with Crippen LogP contribution in [-0.2, 0) is 14.4 Å². The predicted octanol–water partition coefficient (Wildman–Crippen LogP) is 1.68. The molecule has 1 aliphatic rings. The second-order valence-electron chi connectivity index (χ2n) is 6.18. The van der Waals surface area contributed by atoms with Gasteiger partial charge < -0.3 is 25.0 Å². The number of carbonyl (C=O) groups is 3. The highest BCUT2D eigenvalue weighted by molar-refractivity contribution is 7.99. The highest BCUT2D eigenvalue weighted by Crippen LogP contribution is 2.55. The molecule has 0 unspecified atom stereocenters. The van der Waals surface area contributed by atoms with Crippen molar-refractivity contribution in [2.75, 3.05) is 12.4 Å². The Labute approximate surface area is 166 Å². The number of benzene rings is 1. The molecule has 148 valence electrons. The second-order valence-corrected chi connectivity index (χ2v) is 8.18. The van der Waals surface area contributed by atoms with Crippen LogP contribution < -0.4 is 9.61 Å². The van der Waals surface area contributed by atoms with Crippen LogP contribution in [0, 0.1) is 5.41 Å². The van der Waals surface area contributed by atoms with Gasteiger partial charge in [-0.3, -0.25) is 14.4 Å². The number of para-hydroxylation sites is 1. The minimum absolute atomic E-state index is 0.0771. The first-order chi connectivity index (χ1) is 13.2. The number of aromatic amines is 1. The fraction of sp³-hybridized carbons (Fsp3) is 0.294. The van der Waals surface area contributed by atoms with E-state index in [1.54, 1.807) is 18.2 Å². The molecule has 0 spiro atoms. The summed E-state index contributed by atoms with van der Waals surface area (Å²) in [4.78, 5) is 49.3. The van der Waals surface area contributed by atoms with E-state index < -0.39 is 42.3 Å². The molecule has 28 heavy (non-hydrogen) atoms. The molecule has 0 saturated heterocycles. The molecular weight excluding hydrogens is 410 g/mol. The third-order valence-electron chi connectivity index (χ3n) is 4.40. The van der Waals surface area contributed by atoms with Gasteiger partial charge in [0.25, 0.3) is 0 Å². The molecule has 1 aromatic carbocycles. The van der Waals surface area contributed by atoms with Crippen LogP contribution in [0.25, 0.3) is 0 Å². The third kappa shape index (κ3) is 3.62. The van der Waals surface area contributed by atoms with Gasteiger partial charge in [-0.1, -0.05) is 29.5 Å². The Kier molecular flexibility index (Phi) is 5.47. The summed E-state index contributed by atoms with van der Waals surface area (Å²) in [7, 11) is 0. The smallest absolute Gasteiger partial charge is 0.341 e. The van der Waals surface area contributed by atoms with Gasteiger partial charge in [-0.15, -0.1) is 11.8 Å². The zero-order valence-corrected chi connectivity index (χ0v) is 15.8.